The molecule has 0 saturated carbocycles. The number of imidazole rings is 1. The van der Waals surface area contributed by atoms with E-state index < -0.39 is 6.10 Å². The van der Waals surface area contributed by atoms with Gasteiger partial charge in [0.2, 0.25) is 0 Å². The van der Waals surface area contributed by atoms with Gasteiger partial charge in [-0.2, -0.15) is 0 Å². The van der Waals surface area contributed by atoms with Gasteiger partial charge in [-0.1, -0.05) is 6.92 Å². The predicted molar refractivity (Wildman–Crippen MR) is 67.0 cm³/mol. The molecule has 1 rings (SSSR count). The first-order valence-corrected chi connectivity index (χ1v) is 6.15. The van der Waals surface area contributed by atoms with Crippen molar-refractivity contribution in [2.45, 2.75) is 32.4 Å². The molecular formula is C12H23N3O2. The second kappa shape index (κ2) is 8.22. The molecule has 17 heavy (non-hydrogen) atoms. The van der Waals surface area contributed by atoms with Crippen LogP contribution >= 0.6 is 0 Å². The highest BCUT2D eigenvalue weighted by molar-refractivity contribution is 4.93. The summed E-state index contributed by atoms with van der Waals surface area (Å²) in [4.78, 5) is 4.28. The van der Waals surface area contributed by atoms with Crippen LogP contribution in [0.15, 0.2) is 12.4 Å². The van der Waals surface area contributed by atoms with Gasteiger partial charge < -0.3 is 19.7 Å². The monoisotopic (exact) mass is 241 g/mol. The van der Waals surface area contributed by atoms with Gasteiger partial charge in [0.15, 0.2) is 0 Å². The molecule has 0 saturated heterocycles. The molecule has 98 valence electrons. The lowest BCUT2D eigenvalue weighted by molar-refractivity contribution is 0.143. The second-order valence-electron chi connectivity index (χ2n) is 4.10. The van der Waals surface area contributed by atoms with Crippen LogP contribution in [0.2, 0.25) is 0 Å². The number of ether oxygens (including phenoxy) is 1. The summed E-state index contributed by atoms with van der Waals surface area (Å²) in [5, 5.41) is 13.0. The number of rotatable bonds is 9. The number of aromatic nitrogens is 2. The lowest BCUT2D eigenvalue weighted by Crippen LogP contribution is -2.32. The fourth-order valence-electron chi connectivity index (χ4n) is 1.69. The van der Waals surface area contributed by atoms with Crippen molar-refractivity contribution in [2.75, 3.05) is 26.8 Å². The number of aryl methyl sites for hydroxylation is 1. The first kappa shape index (κ1) is 14.2. The SMILES string of the molecule is CCCc1nccn1CC(O)CNCCOC. The smallest absolute Gasteiger partial charge is 0.108 e. The zero-order valence-corrected chi connectivity index (χ0v) is 10.7. The summed E-state index contributed by atoms with van der Waals surface area (Å²) in [5.74, 6) is 1.04. The summed E-state index contributed by atoms with van der Waals surface area (Å²) < 4.78 is 6.94. The topological polar surface area (TPSA) is 59.3 Å². The van der Waals surface area contributed by atoms with Crippen LogP contribution < -0.4 is 5.32 Å². The number of aliphatic hydroxyl groups excluding tert-OH is 1. The largest absolute Gasteiger partial charge is 0.390 e. The maximum atomic E-state index is 9.86. The van der Waals surface area contributed by atoms with Gasteiger partial charge >= 0.3 is 0 Å². The van der Waals surface area contributed by atoms with Crippen molar-refractivity contribution in [2.24, 2.45) is 0 Å². The highest BCUT2D eigenvalue weighted by Crippen LogP contribution is 2.02. The van der Waals surface area contributed by atoms with Crippen LogP contribution in [0.5, 0.6) is 0 Å². The molecule has 0 aromatic carbocycles. The highest BCUT2D eigenvalue weighted by atomic mass is 16.5. The summed E-state index contributed by atoms with van der Waals surface area (Å²) in [6.07, 6.45) is 5.34. The van der Waals surface area contributed by atoms with Crippen molar-refractivity contribution in [1.29, 1.82) is 0 Å². The van der Waals surface area contributed by atoms with Gasteiger partial charge in [-0.3, -0.25) is 0 Å². The maximum Gasteiger partial charge on any atom is 0.108 e. The number of hydrogen-bond donors (Lipinski definition) is 2. The quantitative estimate of drug-likeness (QED) is 0.616. The molecule has 0 spiro atoms. The van der Waals surface area contributed by atoms with E-state index in [1.54, 1.807) is 13.3 Å². The average molecular weight is 241 g/mol. The van der Waals surface area contributed by atoms with Gasteiger partial charge in [-0.15, -0.1) is 0 Å². The Hall–Kier alpha value is -0.910. The molecular weight excluding hydrogens is 218 g/mol. The first-order chi connectivity index (χ1) is 8.27. The third-order valence-corrected chi connectivity index (χ3v) is 2.55. The van der Waals surface area contributed by atoms with Crippen LogP contribution in [-0.4, -0.2) is 47.6 Å². The molecule has 2 N–H and O–H groups in total. The minimum Gasteiger partial charge on any atom is -0.390 e. The Balaban J connectivity index is 2.29. The summed E-state index contributed by atoms with van der Waals surface area (Å²) in [6.45, 7) is 4.72. The summed E-state index contributed by atoms with van der Waals surface area (Å²) >= 11 is 0. The normalized spacial score (nSPS) is 12.9. The first-order valence-electron chi connectivity index (χ1n) is 6.15. The predicted octanol–water partition coefficient (Wildman–Crippen LogP) is 0.432. The molecule has 5 heteroatoms. The average Bonchev–Trinajstić information content (AvgIpc) is 2.73. The van der Waals surface area contributed by atoms with Gasteiger partial charge in [-0.25, -0.2) is 4.98 Å². The molecule has 0 radical (unpaired) electrons. The van der Waals surface area contributed by atoms with Crippen molar-refractivity contribution < 1.29 is 9.84 Å². The van der Waals surface area contributed by atoms with Crippen LogP contribution in [0.4, 0.5) is 0 Å². The third kappa shape index (κ3) is 5.30. The number of nitrogens with one attached hydrogen (secondary N) is 1. The number of aliphatic hydroxyl groups is 1. The van der Waals surface area contributed by atoms with E-state index in [9.17, 15) is 5.11 Å². The zero-order chi connectivity index (χ0) is 12.5. The fraction of sp³-hybridized carbons (Fsp3) is 0.750. The second-order valence-corrected chi connectivity index (χ2v) is 4.10. The minimum atomic E-state index is -0.392. The molecule has 5 nitrogen and oxygen atoms in total. The van der Waals surface area contributed by atoms with Crippen molar-refractivity contribution in [1.82, 2.24) is 14.9 Å². The Labute approximate surface area is 103 Å². The third-order valence-electron chi connectivity index (χ3n) is 2.55. The van der Waals surface area contributed by atoms with E-state index in [2.05, 4.69) is 17.2 Å². The lowest BCUT2D eigenvalue weighted by atomic mass is 10.3. The number of hydrogen-bond acceptors (Lipinski definition) is 4. The standard InChI is InChI=1S/C12H23N3O2/c1-3-4-12-14-5-7-15(12)10-11(16)9-13-6-8-17-2/h5,7,11,13,16H,3-4,6,8-10H2,1-2H3. The summed E-state index contributed by atoms with van der Waals surface area (Å²) in [5.41, 5.74) is 0. The molecule has 1 heterocycles. The Morgan fingerprint density at radius 1 is 1.59 bits per heavy atom. The molecule has 0 aliphatic rings. The van der Waals surface area contributed by atoms with E-state index >= 15 is 0 Å². The molecule has 1 aromatic heterocycles. The zero-order valence-electron chi connectivity index (χ0n) is 10.7. The van der Waals surface area contributed by atoms with E-state index in [1.165, 1.54) is 0 Å². The molecule has 0 amide bonds. The Morgan fingerprint density at radius 3 is 3.12 bits per heavy atom. The minimum absolute atomic E-state index is 0.392. The molecule has 1 atom stereocenters. The number of nitrogens with zero attached hydrogens (tertiary/aromatic N) is 2. The van der Waals surface area contributed by atoms with Crippen LogP contribution in [0.1, 0.15) is 19.2 Å². The summed E-state index contributed by atoms with van der Waals surface area (Å²) in [6, 6.07) is 0. The van der Waals surface area contributed by atoms with Crippen LogP contribution in [-0.2, 0) is 17.7 Å². The van der Waals surface area contributed by atoms with Gasteiger partial charge in [0, 0.05) is 39.0 Å². The van der Waals surface area contributed by atoms with Crippen molar-refractivity contribution in [3.05, 3.63) is 18.2 Å². The molecule has 0 fully saturated rings. The van der Waals surface area contributed by atoms with E-state index in [4.69, 9.17) is 4.74 Å². The van der Waals surface area contributed by atoms with Crippen LogP contribution in [0, 0.1) is 0 Å². The van der Waals surface area contributed by atoms with E-state index in [-0.39, 0.29) is 0 Å². The van der Waals surface area contributed by atoms with Crippen molar-refractivity contribution in [3.63, 3.8) is 0 Å². The van der Waals surface area contributed by atoms with Gasteiger partial charge in [0.05, 0.1) is 19.3 Å². The van der Waals surface area contributed by atoms with E-state index in [0.29, 0.717) is 19.7 Å². The maximum absolute atomic E-state index is 9.86. The molecule has 0 aliphatic carbocycles. The van der Waals surface area contributed by atoms with Gasteiger partial charge in [0.25, 0.3) is 0 Å². The van der Waals surface area contributed by atoms with Gasteiger partial charge in [0.1, 0.15) is 5.82 Å². The van der Waals surface area contributed by atoms with Crippen molar-refractivity contribution >= 4 is 0 Å². The fourth-order valence-corrected chi connectivity index (χ4v) is 1.69. The Morgan fingerprint density at radius 2 is 2.41 bits per heavy atom. The van der Waals surface area contributed by atoms with Crippen LogP contribution in [0.3, 0.4) is 0 Å². The van der Waals surface area contributed by atoms with E-state index in [0.717, 1.165) is 25.2 Å². The molecule has 1 aromatic rings. The summed E-state index contributed by atoms with van der Waals surface area (Å²) in [7, 11) is 1.67. The Bertz CT molecular complexity index is 302. The van der Waals surface area contributed by atoms with E-state index in [1.807, 2.05) is 10.8 Å². The highest BCUT2D eigenvalue weighted by Gasteiger charge is 2.07. The molecule has 0 bridgehead atoms. The number of methoxy groups -OCH3 is 1. The lowest BCUT2D eigenvalue weighted by Gasteiger charge is -2.14. The molecule has 1 unspecified atom stereocenters. The van der Waals surface area contributed by atoms with Crippen molar-refractivity contribution in [3.8, 4) is 0 Å². The molecule has 0 aliphatic heterocycles. The van der Waals surface area contributed by atoms with Crippen LogP contribution in [0.25, 0.3) is 0 Å². The Kier molecular flexibility index (Phi) is 6.84. The van der Waals surface area contributed by atoms with Gasteiger partial charge in [-0.05, 0) is 6.42 Å².